The van der Waals surface area contributed by atoms with Crippen molar-refractivity contribution in [1.29, 1.82) is 0 Å². The minimum atomic E-state index is -3.63. The van der Waals surface area contributed by atoms with Gasteiger partial charge in [0.15, 0.2) is 0 Å². The minimum Gasteiger partial charge on any atom is -0.497 e. The molecule has 0 aliphatic carbocycles. The Hall–Kier alpha value is -3.30. The molecule has 1 fully saturated rings. The second-order valence-corrected chi connectivity index (χ2v) is 10.3. The molecule has 0 radical (unpaired) electrons. The molecule has 8 nitrogen and oxygen atoms in total. The number of carbonyl (C=O) groups excluding carboxylic acids is 1. The standard InChI is InChI=1S/C26H30N2O6S/c1-32-20-8-6-19(7-9-20)24-13-10-21(34-24)11-15-26(29)27-23-18-22(12-14-25(23)33-2)35(30,31)28-16-4-3-5-17-28/h6-10,12-14,18H,3-5,11,15-17H2,1-2H3,(H,27,29). The highest BCUT2D eigenvalue weighted by atomic mass is 32.2. The lowest BCUT2D eigenvalue weighted by atomic mass is 10.2. The summed E-state index contributed by atoms with van der Waals surface area (Å²) in [6.45, 7) is 1.02. The number of anilines is 1. The summed E-state index contributed by atoms with van der Waals surface area (Å²) in [6, 6.07) is 15.8. The first-order chi connectivity index (χ1) is 16.9. The van der Waals surface area contributed by atoms with Crippen molar-refractivity contribution in [1.82, 2.24) is 4.31 Å². The first kappa shape index (κ1) is 24.8. The van der Waals surface area contributed by atoms with Crippen LogP contribution in [0.5, 0.6) is 11.5 Å². The quantitative estimate of drug-likeness (QED) is 0.459. The average molecular weight is 499 g/mol. The molecule has 1 N–H and O–H groups in total. The van der Waals surface area contributed by atoms with Gasteiger partial charge in [0.25, 0.3) is 0 Å². The summed E-state index contributed by atoms with van der Waals surface area (Å²) in [5.41, 5.74) is 1.24. The molecule has 1 saturated heterocycles. The van der Waals surface area contributed by atoms with E-state index in [-0.39, 0.29) is 17.2 Å². The molecule has 0 unspecified atom stereocenters. The Balaban J connectivity index is 1.41. The molecule has 0 atom stereocenters. The highest BCUT2D eigenvalue weighted by Crippen LogP contribution is 2.30. The van der Waals surface area contributed by atoms with Gasteiger partial charge in [0.2, 0.25) is 15.9 Å². The van der Waals surface area contributed by atoms with Gasteiger partial charge in [0.05, 0.1) is 24.8 Å². The summed E-state index contributed by atoms with van der Waals surface area (Å²) in [6.07, 6.45) is 3.31. The lowest BCUT2D eigenvalue weighted by molar-refractivity contribution is -0.116. The van der Waals surface area contributed by atoms with E-state index in [0.717, 1.165) is 30.6 Å². The van der Waals surface area contributed by atoms with Gasteiger partial charge in [-0.2, -0.15) is 4.31 Å². The van der Waals surface area contributed by atoms with Crippen LogP contribution in [0.2, 0.25) is 0 Å². The van der Waals surface area contributed by atoms with Crippen LogP contribution in [0, 0.1) is 0 Å². The number of carbonyl (C=O) groups is 1. The van der Waals surface area contributed by atoms with E-state index in [1.54, 1.807) is 13.2 Å². The summed E-state index contributed by atoms with van der Waals surface area (Å²) in [5.74, 6) is 2.29. The van der Waals surface area contributed by atoms with Crippen molar-refractivity contribution < 1.29 is 27.1 Å². The topological polar surface area (TPSA) is 98.1 Å². The van der Waals surface area contributed by atoms with Gasteiger partial charge in [-0.05, 0) is 67.4 Å². The summed E-state index contributed by atoms with van der Waals surface area (Å²) < 4.78 is 44.0. The molecule has 2 heterocycles. The molecule has 0 saturated carbocycles. The van der Waals surface area contributed by atoms with Crippen LogP contribution >= 0.6 is 0 Å². The number of sulfonamides is 1. The number of furan rings is 1. The molecule has 1 aliphatic heterocycles. The number of piperidine rings is 1. The summed E-state index contributed by atoms with van der Waals surface area (Å²) in [5, 5.41) is 2.80. The number of hydrogen-bond acceptors (Lipinski definition) is 6. The Labute approximate surface area is 205 Å². The molecule has 1 amide bonds. The van der Waals surface area contributed by atoms with Gasteiger partial charge in [-0.1, -0.05) is 6.42 Å². The lowest BCUT2D eigenvalue weighted by Crippen LogP contribution is -2.35. The fourth-order valence-electron chi connectivity index (χ4n) is 4.07. The van der Waals surface area contributed by atoms with E-state index >= 15 is 0 Å². The molecule has 4 rings (SSSR count). The lowest BCUT2D eigenvalue weighted by Gasteiger charge is -2.26. The van der Waals surface area contributed by atoms with Crippen LogP contribution < -0.4 is 14.8 Å². The third kappa shape index (κ3) is 5.86. The zero-order valence-electron chi connectivity index (χ0n) is 20.0. The monoisotopic (exact) mass is 498 g/mol. The van der Waals surface area contributed by atoms with E-state index in [9.17, 15) is 13.2 Å². The molecule has 0 spiro atoms. The average Bonchev–Trinajstić information content (AvgIpc) is 3.37. The molecule has 9 heteroatoms. The van der Waals surface area contributed by atoms with Crippen LogP contribution in [0.15, 0.2) is 63.9 Å². The van der Waals surface area contributed by atoms with Crippen molar-refractivity contribution in [2.24, 2.45) is 0 Å². The second kappa shape index (κ2) is 11.0. The smallest absolute Gasteiger partial charge is 0.243 e. The van der Waals surface area contributed by atoms with Crippen molar-refractivity contribution in [3.63, 3.8) is 0 Å². The molecule has 35 heavy (non-hydrogen) atoms. The van der Waals surface area contributed by atoms with E-state index < -0.39 is 10.0 Å². The third-order valence-electron chi connectivity index (χ3n) is 6.03. The first-order valence-corrected chi connectivity index (χ1v) is 13.1. The number of methoxy groups -OCH3 is 2. The molecular weight excluding hydrogens is 468 g/mol. The predicted molar refractivity (Wildman–Crippen MR) is 133 cm³/mol. The third-order valence-corrected chi connectivity index (χ3v) is 7.93. The fraction of sp³-hybridized carbons (Fsp3) is 0.346. The number of rotatable bonds is 9. The van der Waals surface area contributed by atoms with Crippen LogP contribution in [0.3, 0.4) is 0 Å². The summed E-state index contributed by atoms with van der Waals surface area (Å²) in [4.78, 5) is 12.8. The zero-order chi connectivity index (χ0) is 24.8. The molecule has 1 aliphatic rings. The number of ether oxygens (including phenoxy) is 2. The number of benzene rings is 2. The van der Waals surface area contributed by atoms with Crippen molar-refractivity contribution in [2.75, 3.05) is 32.6 Å². The Morgan fingerprint density at radius 3 is 2.40 bits per heavy atom. The Morgan fingerprint density at radius 1 is 0.971 bits per heavy atom. The number of nitrogens with zero attached hydrogens (tertiary/aromatic N) is 1. The molecule has 0 bridgehead atoms. The second-order valence-electron chi connectivity index (χ2n) is 8.37. The molecule has 2 aromatic carbocycles. The maximum Gasteiger partial charge on any atom is 0.243 e. The van der Waals surface area contributed by atoms with Gasteiger partial charge in [-0.15, -0.1) is 0 Å². The Kier molecular flexibility index (Phi) is 7.77. The first-order valence-electron chi connectivity index (χ1n) is 11.6. The van der Waals surface area contributed by atoms with Gasteiger partial charge >= 0.3 is 0 Å². The number of hydrogen-bond donors (Lipinski definition) is 1. The zero-order valence-corrected chi connectivity index (χ0v) is 20.8. The number of nitrogens with one attached hydrogen (secondary N) is 1. The minimum absolute atomic E-state index is 0.144. The van der Waals surface area contributed by atoms with Crippen LogP contribution in [0.4, 0.5) is 5.69 Å². The molecular formula is C26H30N2O6S. The molecule has 186 valence electrons. The molecule has 3 aromatic rings. The van der Waals surface area contributed by atoms with Crippen LogP contribution in [-0.4, -0.2) is 45.9 Å². The van der Waals surface area contributed by atoms with Crippen molar-refractivity contribution in [3.05, 3.63) is 60.4 Å². The Bertz CT molecular complexity index is 1260. The van der Waals surface area contributed by atoms with Gasteiger partial charge in [-0.3, -0.25) is 4.79 Å². The number of amides is 1. The summed E-state index contributed by atoms with van der Waals surface area (Å²) in [7, 11) is -0.530. The van der Waals surface area contributed by atoms with Gasteiger partial charge in [-0.25, -0.2) is 8.42 Å². The largest absolute Gasteiger partial charge is 0.497 e. The number of aryl methyl sites for hydroxylation is 1. The van der Waals surface area contributed by atoms with E-state index in [1.807, 2.05) is 36.4 Å². The van der Waals surface area contributed by atoms with E-state index in [2.05, 4.69) is 5.32 Å². The van der Waals surface area contributed by atoms with Gasteiger partial charge < -0.3 is 19.2 Å². The normalized spacial score (nSPS) is 14.5. The van der Waals surface area contributed by atoms with Crippen molar-refractivity contribution >= 4 is 21.6 Å². The maximum atomic E-state index is 13.0. The van der Waals surface area contributed by atoms with Crippen molar-refractivity contribution in [3.8, 4) is 22.8 Å². The van der Waals surface area contributed by atoms with E-state index in [1.165, 1.54) is 23.5 Å². The highest BCUT2D eigenvalue weighted by molar-refractivity contribution is 7.89. The SMILES string of the molecule is COc1ccc(-c2ccc(CCC(=O)Nc3cc(S(=O)(=O)N4CCCCC4)ccc3OC)o2)cc1. The fourth-order valence-corrected chi connectivity index (χ4v) is 5.62. The van der Waals surface area contributed by atoms with E-state index in [4.69, 9.17) is 13.9 Å². The van der Waals surface area contributed by atoms with Gasteiger partial charge in [0.1, 0.15) is 23.0 Å². The highest BCUT2D eigenvalue weighted by Gasteiger charge is 2.27. The molecule has 1 aromatic heterocycles. The van der Waals surface area contributed by atoms with Crippen LogP contribution in [0.25, 0.3) is 11.3 Å². The van der Waals surface area contributed by atoms with Crippen molar-refractivity contribution in [2.45, 2.75) is 37.0 Å². The van der Waals surface area contributed by atoms with Gasteiger partial charge in [0, 0.05) is 31.5 Å². The van der Waals surface area contributed by atoms with E-state index in [0.29, 0.717) is 42.5 Å². The van der Waals surface area contributed by atoms with Crippen LogP contribution in [-0.2, 0) is 21.2 Å². The van der Waals surface area contributed by atoms with Crippen LogP contribution in [0.1, 0.15) is 31.4 Å². The maximum absolute atomic E-state index is 13.0. The Morgan fingerprint density at radius 2 is 1.71 bits per heavy atom. The predicted octanol–water partition coefficient (Wildman–Crippen LogP) is 4.71. The summed E-state index contributed by atoms with van der Waals surface area (Å²) >= 11 is 0.